The largest absolute Gasteiger partial charge is 0.395 e. The van der Waals surface area contributed by atoms with Gasteiger partial charge < -0.3 is 15.3 Å². The molecule has 2 aliphatic carbocycles. The third-order valence-electron chi connectivity index (χ3n) is 10.8. The fourth-order valence-corrected chi connectivity index (χ4v) is 8.48. The summed E-state index contributed by atoms with van der Waals surface area (Å²) < 4.78 is 0. The van der Waals surface area contributed by atoms with Gasteiger partial charge in [-0.1, -0.05) is 115 Å². The maximum atomic E-state index is 10.2. The van der Waals surface area contributed by atoms with Crippen LogP contribution in [-0.4, -0.2) is 73.9 Å². The van der Waals surface area contributed by atoms with Crippen molar-refractivity contribution in [1.29, 1.82) is 0 Å². The molecular weight excluding hydrogens is 574 g/mol. The molecule has 2 unspecified atom stereocenters. The molecule has 0 saturated carbocycles. The number of benzene rings is 4. The highest BCUT2D eigenvalue weighted by Crippen LogP contribution is 2.42. The van der Waals surface area contributed by atoms with Gasteiger partial charge in [0.25, 0.3) is 0 Å². The van der Waals surface area contributed by atoms with E-state index >= 15 is 0 Å². The molecule has 4 aromatic carbocycles. The van der Waals surface area contributed by atoms with Gasteiger partial charge in [-0.25, -0.2) is 0 Å². The van der Waals surface area contributed by atoms with Gasteiger partial charge >= 0.3 is 0 Å². The minimum Gasteiger partial charge on any atom is -0.395 e. The van der Waals surface area contributed by atoms with E-state index in [1.807, 2.05) is 7.05 Å². The molecule has 7 rings (SSSR count). The summed E-state index contributed by atoms with van der Waals surface area (Å²) in [6.45, 7) is 6.06. The summed E-state index contributed by atoms with van der Waals surface area (Å²) in [5, 5.41) is 13.5. The van der Waals surface area contributed by atoms with Crippen LogP contribution in [-0.2, 0) is 6.42 Å². The molecule has 0 amide bonds. The number of aliphatic hydroxyl groups is 1. The van der Waals surface area contributed by atoms with E-state index in [0.29, 0.717) is 17.9 Å². The maximum Gasteiger partial charge on any atom is 0.0558 e. The topological polar surface area (TPSA) is 38.7 Å². The molecule has 0 bridgehead atoms. The molecule has 1 heterocycles. The van der Waals surface area contributed by atoms with E-state index in [-0.39, 0.29) is 6.61 Å². The van der Waals surface area contributed by atoms with Gasteiger partial charge in [-0.05, 0) is 95.9 Å². The van der Waals surface area contributed by atoms with Crippen LogP contribution in [0.1, 0.15) is 75.6 Å². The normalized spacial score (nSPS) is 20.6. The highest BCUT2D eigenvalue weighted by Gasteiger charge is 2.37. The van der Waals surface area contributed by atoms with Crippen LogP contribution in [0.5, 0.6) is 0 Å². The molecule has 47 heavy (non-hydrogen) atoms. The molecule has 0 spiro atoms. The van der Waals surface area contributed by atoms with Gasteiger partial charge in [-0.15, -0.1) is 0 Å². The van der Waals surface area contributed by atoms with Gasteiger partial charge in [-0.2, -0.15) is 0 Å². The van der Waals surface area contributed by atoms with Crippen LogP contribution < -0.4 is 5.32 Å². The molecule has 0 radical (unpaired) electrons. The molecule has 2 N–H and O–H groups in total. The summed E-state index contributed by atoms with van der Waals surface area (Å²) in [7, 11) is 2.03. The predicted molar refractivity (Wildman–Crippen MR) is 197 cm³/mol. The molecule has 3 aliphatic rings. The lowest BCUT2D eigenvalue weighted by Gasteiger charge is -2.45. The molecule has 4 nitrogen and oxygen atoms in total. The Hall–Kier alpha value is -3.80. The first-order valence-electron chi connectivity index (χ1n) is 17.7. The van der Waals surface area contributed by atoms with Gasteiger partial charge in [0.15, 0.2) is 0 Å². The fourth-order valence-electron chi connectivity index (χ4n) is 8.48. The van der Waals surface area contributed by atoms with Crippen molar-refractivity contribution >= 4 is 17.7 Å². The molecule has 1 aliphatic heterocycles. The summed E-state index contributed by atoms with van der Waals surface area (Å²) in [6, 6.07) is 36.4. The smallest absolute Gasteiger partial charge is 0.0558 e. The molecule has 242 valence electrons. The van der Waals surface area contributed by atoms with E-state index < -0.39 is 0 Å². The Morgan fingerprint density at radius 2 is 1.43 bits per heavy atom. The van der Waals surface area contributed by atoms with Crippen molar-refractivity contribution < 1.29 is 5.11 Å². The summed E-state index contributed by atoms with van der Waals surface area (Å²) in [4.78, 5) is 5.30. The lowest BCUT2D eigenvalue weighted by atomic mass is 9.82. The first-order chi connectivity index (χ1) is 23.2. The summed E-state index contributed by atoms with van der Waals surface area (Å²) in [5.74, 6) is 0.755. The average molecular weight is 624 g/mol. The zero-order valence-electron chi connectivity index (χ0n) is 27.8. The first kappa shape index (κ1) is 31.8. The summed E-state index contributed by atoms with van der Waals surface area (Å²) >= 11 is 0. The van der Waals surface area contributed by atoms with Crippen LogP contribution in [0.15, 0.2) is 103 Å². The van der Waals surface area contributed by atoms with Gasteiger partial charge in [0.1, 0.15) is 0 Å². The highest BCUT2D eigenvalue weighted by molar-refractivity contribution is 5.84. The molecule has 4 aromatic rings. The van der Waals surface area contributed by atoms with Crippen molar-refractivity contribution in [1.82, 2.24) is 15.1 Å². The number of nitrogens with zero attached hydrogens (tertiary/aromatic N) is 2. The average Bonchev–Trinajstić information content (AvgIpc) is 3.36. The zero-order valence-corrected chi connectivity index (χ0v) is 27.8. The van der Waals surface area contributed by atoms with Crippen molar-refractivity contribution in [3.05, 3.63) is 148 Å². The third-order valence-corrected chi connectivity index (χ3v) is 10.8. The van der Waals surface area contributed by atoms with Gasteiger partial charge in [0, 0.05) is 44.1 Å². The molecule has 1 saturated heterocycles. The van der Waals surface area contributed by atoms with Crippen molar-refractivity contribution in [2.75, 3.05) is 52.9 Å². The van der Waals surface area contributed by atoms with Crippen molar-refractivity contribution in [2.45, 2.75) is 43.6 Å². The minimum atomic E-state index is 0.200. The fraction of sp³-hybridized carbons (Fsp3) is 0.349. The second kappa shape index (κ2) is 15.0. The Kier molecular flexibility index (Phi) is 10.1. The Labute approximate surface area is 281 Å². The highest BCUT2D eigenvalue weighted by atomic mass is 16.3. The third kappa shape index (κ3) is 6.79. The SMILES string of the molecule is CNCC/C=C1/c2ccccc2CC(C2CN(CCCC3c4ccccc4C=Cc4ccccc43)CCN2CCO)c2ccccc21. The number of fused-ring (bicyclic) bond motifs is 4. The molecule has 4 heteroatoms. The standard InChI is InChI=1S/C43H49N3O/c1-44-24-10-20-39-37-17-7-4-14-34(37)30-42(41-19-9-8-18-40(39)41)43-31-45(26-27-46(43)28-29-47)25-11-21-38-35-15-5-2-12-32(35)22-23-33-13-3-6-16-36(33)38/h2-9,12-20,22-23,38,42-44,47H,10-11,21,24-31H2,1H3/b39-20-. The molecule has 1 fully saturated rings. The van der Waals surface area contributed by atoms with Gasteiger partial charge in [0.2, 0.25) is 0 Å². The lowest BCUT2D eigenvalue weighted by Crippen LogP contribution is -2.56. The van der Waals surface area contributed by atoms with E-state index in [1.165, 1.54) is 50.1 Å². The van der Waals surface area contributed by atoms with Crippen LogP contribution in [0.4, 0.5) is 0 Å². The van der Waals surface area contributed by atoms with Crippen molar-refractivity contribution in [3.63, 3.8) is 0 Å². The van der Waals surface area contributed by atoms with E-state index in [4.69, 9.17) is 0 Å². The predicted octanol–water partition coefficient (Wildman–Crippen LogP) is 7.44. The lowest BCUT2D eigenvalue weighted by molar-refractivity contribution is 0.0455. The molecular formula is C43H49N3O. The maximum absolute atomic E-state index is 10.2. The second-order valence-corrected chi connectivity index (χ2v) is 13.5. The quantitative estimate of drug-likeness (QED) is 0.180. The van der Waals surface area contributed by atoms with Crippen LogP contribution in [0.2, 0.25) is 0 Å². The Morgan fingerprint density at radius 3 is 2.15 bits per heavy atom. The van der Waals surface area contributed by atoms with Crippen LogP contribution >= 0.6 is 0 Å². The summed E-state index contributed by atoms with van der Waals surface area (Å²) in [6.07, 6.45) is 11.3. The van der Waals surface area contributed by atoms with E-state index in [9.17, 15) is 5.11 Å². The van der Waals surface area contributed by atoms with E-state index in [0.717, 1.165) is 65.0 Å². The summed E-state index contributed by atoms with van der Waals surface area (Å²) in [5.41, 5.74) is 12.6. The second-order valence-electron chi connectivity index (χ2n) is 13.5. The van der Waals surface area contributed by atoms with E-state index in [2.05, 4.69) is 130 Å². The van der Waals surface area contributed by atoms with Crippen molar-refractivity contribution in [2.24, 2.45) is 0 Å². The number of β-amino-alcohol motifs (C(OH)–C–C–N with tert-alkyl or cyclic N) is 1. The van der Waals surface area contributed by atoms with Crippen molar-refractivity contribution in [3.8, 4) is 0 Å². The molecule has 0 aromatic heterocycles. The first-order valence-corrected chi connectivity index (χ1v) is 17.7. The number of nitrogens with one attached hydrogen (secondary N) is 1. The number of hydrogen-bond donors (Lipinski definition) is 2. The van der Waals surface area contributed by atoms with Crippen LogP contribution in [0.25, 0.3) is 17.7 Å². The Balaban J connectivity index is 1.14. The number of aliphatic hydroxyl groups excluding tert-OH is 1. The number of piperazine rings is 1. The monoisotopic (exact) mass is 623 g/mol. The van der Waals surface area contributed by atoms with Crippen LogP contribution in [0.3, 0.4) is 0 Å². The van der Waals surface area contributed by atoms with Crippen LogP contribution in [0, 0.1) is 0 Å². The molecule has 2 atom stereocenters. The van der Waals surface area contributed by atoms with Gasteiger partial charge in [-0.3, -0.25) is 4.90 Å². The minimum absolute atomic E-state index is 0.200. The Bertz CT molecular complexity index is 1670. The number of hydrogen-bond acceptors (Lipinski definition) is 4. The van der Waals surface area contributed by atoms with E-state index in [1.54, 1.807) is 0 Å². The zero-order chi connectivity index (χ0) is 32.0. The number of rotatable bonds is 10. The van der Waals surface area contributed by atoms with Gasteiger partial charge in [0.05, 0.1) is 6.61 Å². The Morgan fingerprint density at radius 1 is 0.766 bits per heavy atom.